The van der Waals surface area contributed by atoms with Gasteiger partial charge >= 0.3 is 83.0 Å². The fourth-order valence-corrected chi connectivity index (χ4v) is 0. The van der Waals surface area contributed by atoms with E-state index in [-0.39, 0.29) is 96.5 Å². The molecular formula is H6Cu2SSb2. The summed E-state index contributed by atoms with van der Waals surface area (Å²) in [5, 5.41) is 0. The van der Waals surface area contributed by atoms with Crippen LogP contribution in [-0.2, 0) is 47.6 Å². The van der Waals surface area contributed by atoms with Crippen LogP contribution < -0.4 is 0 Å². The van der Waals surface area contributed by atoms with Gasteiger partial charge in [-0.1, -0.05) is 0 Å². The molecule has 0 N–H and O–H groups in total. The van der Waals surface area contributed by atoms with Gasteiger partial charge in [-0.25, -0.2) is 0 Å². The molecule has 0 aliphatic rings. The summed E-state index contributed by atoms with van der Waals surface area (Å²) in [5.41, 5.74) is 0. The van der Waals surface area contributed by atoms with Crippen LogP contribution in [-0.4, -0.2) is 48.9 Å². The Labute approximate surface area is 94.9 Å². The van der Waals surface area contributed by atoms with E-state index in [9.17, 15) is 0 Å². The van der Waals surface area contributed by atoms with E-state index in [1.54, 1.807) is 0 Å². The average molecular weight is 409 g/mol. The summed E-state index contributed by atoms with van der Waals surface area (Å²) < 4.78 is 0. The van der Waals surface area contributed by atoms with E-state index in [0.29, 0.717) is 0 Å². The van der Waals surface area contributed by atoms with Crippen molar-refractivity contribution in [1.82, 2.24) is 0 Å². The molecule has 0 unspecified atom stereocenters. The molecule has 0 aromatic rings. The molecule has 0 heterocycles. The van der Waals surface area contributed by atoms with Crippen molar-refractivity contribution in [1.29, 1.82) is 0 Å². The summed E-state index contributed by atoms with van der Waals surface area (Å²) >= 11 is 0. The minimum atomic E-state index is 0. The molecule has 0 atom stereocenters. The topological polar surface area (TPSA) is 0 Å². The number of rotatable bonds is 0. The summed E-state index contributed by atoms with van der Waals surface area (Å²) in [6, 6.07) is 0. The van der Waals surface area contributed by atoms with Crippen molar-refractivity contribution in [2.75, 3.05) is 0 Å². The Morgan fingerprint density at radius 3 is 0.600 bits per heavy atom. The summed E-state index contributed by atoms with van der Waals surface area (Å²) in [6.45, 7) is 0. The van der Waals surface area contributed by atoms with E-state index < -0.39 is 0 Å². The molecule has 0 aliphatic carbocycles. The van der Waals surface area contributed by atoms with E-state index >= 15 is 0 Å². The van der Waals surface area contributed by atoms with Gasteiger partial charge < -0.3 is 13.5 Å². The molecule has 0 aliphatic heterocycles. The van der Waals surface area contributed by atoms with E-state index in [2.05, 4.69) is 0 Å². The summed E-state index contributed by atoms with van der Waals surface area (Å²) in [5.74, 6) is 0. The second kappa shape index (κ2) is 27.9. The maximum absolute atomic E-state index is 0. The first-order chi connectivity index (χ1) is 0. The maximum atomic E-state index is 0. The van der Waals surface area contributed by atoms with Gasteiger partial charge in [-0.2, -0.15) is 0 Å². The zero-order valence-corrected chi connectivity index (χ0v) is 13.2. The quantitative estimate of drug-likeness (QED) is 0.393. The van der Waals surface area contributed by atoms with Gasteiger partial charge in [-0.3, -0.25) is 0 Å². The van der Waals surface area contributed by atoms with Gasteiger partial charge in [-0.05, 0) is 0 Å². The van der Waals surface area contributed by atoms with Crippen molar-refractivity contribution in [3.05, 3.63) is 0 Å². The molecular weight excluding hydrogens is 403 g/mol. The van der Waals surface area contributed by atoms with Gasteiger partial charge in [0.05, 0.1) is 0 Å². The molecule has 5 heavy (non-hydrogen) atoms. The van der Waals surface area contributed by atoms with E-state index in [1.807, 2.05) is 0 Å². The van der Waals surface area contributed by atoms with Gasteiger partial charge in [0, 0.05) is 0 Å². The second-order valence-corrected chi connectivity index (χ2v) is 0. The van der Waals surface area contributed by atoms with Crippen molar-refractivity contribution in [2.24, 2.45) is 0 Å². The molecule has 0 bridgehead atoms. The third-order valence-electron chi connectivity index (χ3n) is 0. The normalized spacial score (nSPS) is 0. The Balaban J connectivity index is 0. The van der Waals surface area contributed by atoms with E-state index in [1.165, 1.54) is 0 Å². The predicted molar refractivity (Wildman–Crippen MR) is 27.2 cm³/mol. The molecule has 0 nitrogen and oxygen atoms in total. The van der Waals surface area contributed by atoms with Crippen LogP contribution in [0.25, 0.3) is 0 Å². The zero-order valence-electron chi connectivity index (χ0n) is 2.43. The molecule has 0 fully saturated rings. The monoisotopic (exact) mass is 406 g/mol. The minimum absolute atomic E-state index is 0. The third kappa shape index (κ3) is 19.4. The first-order valence-corrected chi connectivity index (χ1v) is 0. The van der Waals surface area contributed by atoms with Crippen LogP contribution in [0.3, 0.4) is 0 Å². The molecule has 0 saturated heterocycles. The van der Waals surface area contributed by atoms with Crippen LogP contribution in [0.2, 0.25) is 0 Å². The van der Waals surface area contributed by atoms with Crippen molar-refractivity contribution in [3.63, 3.8) is 0 Å². The van der Waals surface area contributed by atoms with E-state index in [0.717, 1.165) is 0 Å². The van der Waals surface area contributed by atoms with Gasteiger partial charge in [-0.15, -0.1) is 0 Å². The van der Waals surface area contributed by atoms with Crippen LogP contribution in [0, 0.1) is 0 Å². The predicted octanol–water partition coefficient (Wildman–Crippen LogP) is -2.38. The third-order valence-corrected chi connectivity index (χ3v) is 0. The molecule has 0 saturated carbocycles. The van der Waals surface area contributed by atoms with Gasteiger partial charge in [0.15, 0.2) is 0 Å². The van der Waals surface area contributed by atoms with Gasteiger partial charge in [0.25, 0.3) is 0 Å². The average Bonchev–Trinajstić information content (AvgIpc) is 0. The molecule has 0 radical (unpaired) electrons. The first-order valence-electron chi connectivity index (χ1n) is 0. The summed E-state index contributed by atoms with van der Waals surface area (Å²) in [6.07, 6.45) is 0. The molecule has 0 aromatic carbocycles. The van der Waals surface area contributed by atoms with Gasteiger partial charge in [0.2, 0.25) is 0 Å². The Morgan fingerprint density at radius 2 is 0.600 bits per heavy atom. The standard InChI is InChI=1S/2Cu.S.2Sb.6H/q2*+1;-2;;;;;;;;. The Kier molecular flexibility index (Phi) is 241. The Morgan fingerprint density at radius 1 is 0.600 bits per heavy atom. The van der Waals surface area contributed by atoms with Crippen LogP contribution >= 0.6 is 0 Å². The van der Waals surface area contributed by atoms with Crippen molar-refractivity contribution >= 4 is 62.4 Å². The summed E-state index contributed by atoms with van der Waals surface area (Å²) in [7, 11) is 0. The van der Waals surface area contributed by atoms with Crippen LogP contribution in [0.5, 0.6) is 0 Å². The molecule has 0 amide bonds. The fourth-order valence-electron chi connectivity index (χ4n) is 0. The van der Waals surface area contributed by atoms with E-state index in [4.69, 9.17) is 0 Å². The van der Waals surface area contributed by atoms with Crippen molar-refractivity contribution in [2.45, 2.75) is 0 Å². The number of hydrogen-bond donors (Lipinski definition) is 0. The molecule has 0 rings (SSSR count). The fraction of sp³-hybridized carbons (Fsp3) is 0. The molecule has 0 spiro atoms. The van der Waals surface area contributed by atoms with Crippen molar-refractivity contribution < 1.29 is 34.1 Å². The SMILES string of the molecule is [Cu+].[Cu+].[S-2].[SbH3].[SbH3]. The zero-order chi connectivity index (χ0) is 0. The Hall–Kier alpha value is 3.03. The van der Waals surface area contributed by atoms with Crippen LogP contribution in [0.4, 0.5) is 0 Å². The Bertz CT molecular complexity index is 7.61. The van der Waals surface area contributed by atoms with Crippen LogP contribution in [0.15, 0.2) is 0 Å². The van der Waals surface area contributed by atoms with Crippen LogP contribution in [0.1, 0.15) is 0 Å². The number of hydrogen-bond acceptors (Lipinski definition) is 0. The summed E-state index contributed by atoms with van der Waals surface area (Å²) in [4.78, 5) is 0. The van der Waals surface area contributed by atoms with Gasteiger partial charge in [0.1, 0.15) is 0 Å². The second-order valence-electron chi connectivity index (χ2n) is 0. The molecule has 5 heteroatoms. The first kappa shape index (κ1) is 43.3. The molecule has 0 aromatic heterocycles. The van der Waals surface area contributed by atoms with Crippen molar-refractivity contribution in [3.8, 4) is 0 Å². The molecule has 44 valence electrons.